The minimum atomic E-state index is 0.749. The lowest BCUT2D eigenvalue weighted by atomic mass is 10.1. The summed E-state index contributed by atoms with van der Waals surface area (Å²) in [5.41, 5.74) is 0. The molecular weight excluding hydrogens is 132 g/mol. The molecule has 0 rings (SSSR count). The van der Waals surface area contributed by atoms with Crippen molar-refractivity contribution < 1.29 is 0 Å². The highest BCUT2D eigenvalue weighted by atomic mass is 13.9. The molecule has 0 unspecified atom stereocenters. The van der Waals surface area contributed by atoms with Crippen molar-refractivity contribution in [2.75, 3.05) is 0 Å². The summed E-state index contributed by atoms with van der Waals surface area (Å²) in [6.07, 6.45) is 7.43. The first-order valence-electron chi connectivity index (χ1n) is 4.40. The average Bonchev–Trinajstić information content (AvgIpc) is 1.96. The highest BCUT2D eigenvalue weighted by Gasteiger charge is 1.84. The summed E-state index contributed by atoms with van der Waals surface area (Å²) in [6, 6.07) is 0. The molecule has 0 aliphatic carbocycles. The van der Waals surface area contributed by atoms with Crippen LogP contribution in [0.3, 0.4) is 0 Å². The number of unbranched alkanes of at least 4 members (excludes halogenated alkanes) is 1. The molecule has 0 aliphatic rings. The number of allylic oxidation sites excluding steroid dienone is 2. The van der Waals surface area contributed by atoms with Crippen LogP contribution in [-0.2, 0) is 0 Å². The highest BCUT2D eigenvalue weighted by molar-refractivity contribution is 5.14. The van der Waals surface area contributed by atoms with E-state index in [4.69, 9.17) is 0 Å². The van der Waals surface area contributed by atoms with Crippen molar-refractivity contribution in [1.29, 1.82) is 0 Å². The molecule has 0 spiro atoms. The molecule has 62 valence electrons. The zero-order valence-corrected chi connectivity index (χ0v) is 7.85. The van der Waals surface area contributed by atoms with Gasteiger partial charge in [0.25, 0.3) is 0 Å². The Hall–Kier alpha value is -0.700. The molecule has 0 saturated heterocycles. The van der Waals surface area contributed by atoms with Crippen LogP contribution >= 0.6 is 0 Å². The van der Waals surface area contributed by atoms with Gasteiger partial charge in [-0.05, 0) is 24.8 Å². The van der Waals surface area contributed by atoms with E-state index in [9.17, 15) is 0 Å². The Morgan fingerprint density at radius 2 is 2.09 bits per heavy atom. The van der Waals surface area contributed by atoms with Crippen molar-refractivity contribution in [2.45, 2.75) is 40.0 Å². The molecule has 0 aromatic rings. The van der Waals surface area contributed by atoms with Gasteiger partial charge in [0.1, 0.15) is 0 Å². The first-order chi connectivity index (χ1) is 5.27. The van der Waals surface area contributed by atoms with E-state index in [0.29, 0.717) is 0 Å². The normalized spacial score (nSPS) is 10.2. The highest BCUT2D eigenvalue weighted by Crippen LogP contribution is 1.98. The third-order valence-corrected chi connectivity index (χ3v) is 1.29. The Labute approximate surface area is 70.7 Å². The third kappa shape index (κ3) is 9.30. The van der Waals surface area contributed by atoms with Gasteiger partial charge in [0, 0.05) is 6.42 Å². The molecule has 0 nitrogen and oxygen atoms in total. The van der Waals surface area contributed by atoms with Gasteiger partial charge in [-0.15, -0.1) is 0 Å². The van der Waals surface area contributed by atoms with Crippen LogP contribution in [0.5, 0.6) is 0 Å². The number of hydrogen-bond acceptors (Lipinski definition) is 0. The van der Waals surface area contributed by atoms with Crippen LogP contribution in [-0.4, -0.2) is 0 Å². The van der Waals surface area contributed by atoms with Crippen molar-refractivity contribution in [3.63, 3.8) is 0 Å². The van der Waals surface area contributed by atoms with Crippen LogP contribution in [0.2, 0.25) is 0 Å². The fourth-order valence-electron chi connectivity index (χ4n) is 0.655. The molecule has 0 N–H and O–H groups in total. The van der Waals surface area contributed by atoms with Gasteiger partial charge < -0.3 is 0 Å². The van der Waals surface area contributed by atoms with E-state index in [1.54, 1.807) is 0 Å². The first kappa shape index (κ1) is 10.3. The van der Waals surface area contributed by atoms with Crippen molar-refractivity contribution >= 4 is 0 Å². The van der Waals surface area contributed by atoms with Crippen molar-refractivity contribution in [3.05, 3.63) is 12.2 Å². The van der Waals surface area contributed by atoms with Gasteiger partial charge in [-0.3, -0.25) is 0 Å². The molecule has 0 aromatic heterocycles. The predicted octanol–water partition coefficient (Wildman–Crippen LogP) is 3.39. The van der Waals surface area contributed by atoms with E-state index in [-0.39, 0.29) is 0 Å². The molecule has 0 fully saturated rings. The molecule has 0 atom stereocenters. The van der Waals surface area contributed by atoms with Crippen LogP contribution in [0, 0.1) is 17.8 Å². The standard InChI is InChI=1S/C11H18/c1-4-5-6-7-8-9-10-11(2)3/h8-9,11H,4-5,10H2,1-3H3. The molecule has 0 heteroatoms. The Bertz CT molecular complexity index is 153. The van der Waals surface area contributed by atoms with E-state index in [0.717, 1.165) is 25.2 Å². The summed E-state index contributed by atoms with van der Waals surface area (Å²) in [4.78, 5) is 0. The van der Waals surface area contributed by atoms with Gasteiger partial charge in [-0.2, -0.15) is 0 Å². The summed E-state index contributed by atoms with van der Waals surface area (Å²) in [5.74, 6) is 6.83. The fourth-order valence-corrected chi connectivity index (χ4v) is 0.655. The summed E-state index contributed by atoms with van der Waals surface area (Å²) in [5, 5.41) is 0. The Morgan fingerprint density at radius 1 is 1.36 bits per heavy atom. The maximum absolute atomic E-state index is 3.07. The first-order valence-corrected chi connectivity index (χ1v) is 4.40. The second kappa shape index (κ2) is 7.41. The SMILES string of the molecule is CCCC#CC=CCC(C)C. The smallest absolute Gasteiger partial charge is 0.00896 e. The largest absolute Gasteiger partial charge is 0.0985 e. The van der Waals surface area contributed by atoms with Gasteiger partial charge in [0.05, 0.1) is 0 Å². The topological polar surface area (TPSA) is 0 Å². The molecule has 0 bridgehead atoms. The minimum absolute atomic E-state index is 0.749. The molecule has 0 amide bonds. The van der Waals surface area contributed by atoms with Crippen LogP contribution in [0.15, 0.2) is 12.2 Å². The van der Waals surface area contributed by atoms with Crippen molar-refractivity contribution in [1.82, 2.24) is 0 Å². The number of hydrogen-bond donors (Lipinski definition) is 0. The molecule has 0 aromatic carbocycles. The van der Waals surface area contributed by atoms with E-state index < -0.39 is 0 Å². The van der Waals surface area contributed by atoms with Crippen molar-refractivity contribution in [2.24, 2.45) is 5.92 Å². The monoisotopic (exact) mass is 150 g/mol. The Kier molecular flexibility index (Phi) is 6.94. The van der Waals surface area contributed by atoms with Gasteiger partial charge >= 0.3 is 0 Å². The zero-order chi connectivity index (χ0) is 8.53. The minimum Gasteiger partial charge on any atom is -0.0985 e. The van der Waals surface area contributed by atoms with Gasteiger partial charge in [0.2, 0.25) is 0 Å². The van der Waals surface area contributed by atoms with Crippen LogP contribution in [0.25, 0.3) is 0 Å². The van der Waals surface area contributed by atoms with E-state index in [2.05, 4.69) is 38.7 Å². The van der Waals surface area contributed by atoms with Gasteiger partial charge in [-0.1, -0.05) is 38.7 Å². The molecular formula is C11H18. The number of rotatable bonds is 3. The fraction of sp³-hybridized carbons (Fsp3) is 0.636. The Balaban J connectivity index is 3.38. The van der Waals surface area contributed by atoms with E-state index >= 15 is 0 Å². The average molecular weight is 150 g/mol. The molecule has 0 radical (unpaired) electrons. The second-order valence-electron chi connectivity index (χ2n) is 3.10. The van der Waals surface area contributed by atoms with Crippen molar-refractivity contribution in [3.8, 4) is 11.8 Å². The Morgan fingerprint density at radius 3 is 2.64 bits per heavy atom. The van der Waals surface area contributed by atoms with E-state index in [1.165, 1.54) is 0 Å². The lowest BCUT2D eigenvalue weighted by Crippen LogP contribution is -1.80. The maximum atomic E-state index is 3.07. The van der Waals surface area contributed by atoms with Gasteiger partial charge in [-0.25, -0.2) is 0 Å². The molecule has 0 heterocycles. The van der Waals surface area contributed by atoms with E-state index in [1.807, 2.05) is 6.08 Å². The second-order valence-corrected chi connectivity index (χ2v) is 3.10. The summed E-state index contributed by atoms with van der Waals surface area (Å²) < 4.78 is 0. The molecule has 0 saturated carbocycles. The summed E-state index contributed by atoms with van der Waals surface area (Å²) in [6.45, 7) is 6.57. The quantitative estimate of drug-likeness (QED) is 0.541. The maximum Gasteiger partial charge on any atom is 0.00896 e. The lowest BCUT2D eigenvalue weighted by molar-refractivity contribution is 0.664. The van der Waals surface area contributed by atoms with Crippen LogP contribution in [0.4, 0.5) is 0 Å². The lowest BCUT2D eigenvalue weighted by Gasteiger charge is -1.93. The predicted molar refractivity (Wildman–Crippen MR) is 51.3 cm³/mol. The zero-order valence-electron chi connectivity index (χ0n) is 7.85. The summed E-state index contributed by atoms with van der Waals surface area (Å²) >= 11 is 0. The third-order valence-electron chi connectivity index (χ3n) is 1.29. The molecule has 11 heavy (non-hydrogen) atoms. The van der Waals surface area contributed by atoms with Crippen LogP contribution < -0.4 is 0 Å². The molecule has 0 aliphatic heterocycles. The van der Waals surface area contributed by atoms with Gasteiger partial charge in [0.15, 0.2) is 0 Å². The van der Waals surface area contributed by atoms with Crippen LogP contribution in [0.1, 0.15) is 40.0 Å². The summed E-state index contributed by atoms with van der Waals surface area (Å²) in [7, 11) is 0.